The second-order valence-corrected chi connectivity index (χ2v) is 6.46. The van der Waals surface area contributed by atoms with Crippen LogP contribution in [0.15, 0.2) is 46.9 Å². The smallest absolute Gasteiger partial charge is 0.282 e. The van der Waals surface area contributed by atoms with Crippen LogP contribution in [0.1, 0.15) is 17.8 Å². The zero-order valence-electron chi connectivity index (χ0n) is 10.8. The van der Waals surface area contributed by atoms with Crippen LogP contribution in [0.25, 0.3) is 22.7 Å². The van der Waals surface area contributed by atoms with Gasteiger partial charge in [-0.05, 0) is 29.9 Å². The maximum Gasteiger partial charge on any atom is 0.290 e. The zero-order chi connectivity index (χ0) is 14.6. The molecule has 0 bridgehead atoms. The van der Waals surface area contributed by atoms with Crippen molar-refractivity contribution in [3.8, 4) is 0 Å². The van der Waals surface area contributed by atoms with Crippen molar-refractivity contribution in [1.29, 1.82) is 0 Å². The molecule has 0 atom stereocenters. The van der Waals surface area contributed by atoms with Crippen molar-refractivity contribution in [1.82, 2.24) is 9.97 Å². The van der Waals surface area contributed by atoms with E-state index >= 15 is 0 Å². The first kappa shape index (κ1) is 12.4. The van der Waals surface area contributed by atoms with Gasteiger partial charge in [0.1, 0.15) is 0 Å². The lowest BCUT2D eigenvalue weighted by Crippen LogP contribution is -2.06. The monoisotopic (exact) mass is 298 g/mol. The number of aromatic nitrogens is 2. The van der Waals surface area contributed by atoms with E-state index in [9.17, 15) is 8.42 Å². The van der Waals surface area contributed by atoms with Crippen molar-refractivity contribution in [2.75, 3.05) is 0 Å². The van der Waals surface area contributed by atoms with Crippen LogP contribution in [0.4, 0.5) is 0 Å². The van der Waals surface area contributed by atoms with E-state index in [-0.39, 0.29) is 11.3 Å². The molecule has 0 saturated heterocycles. The lowest BCUT2D eigenvalue weighted by Gasteiger charge is -2.12. The van der Waals surface area contributed by atoms with Crippen LogP contribution in [0.3, 0.4) is 0 Å². The van der Waals surface area contributed by atoms with Crippen molar-refractivity contribution in [2.45, 2.75) is 6.42 Å². The Morgan fingerprint density at radius 3 is 2.48 bits per heavy atom. The van der Waals surface area contributed by atoms with E-state index < -0.39 is 10.1 Å². The highest BCUT2D eigenvalue weighted by Crippen LogP contribution is 2.40. The van der Waals surface area contributed by atoms with E-state index in [1.807, 2.05) is 30.3 Å². The predicted octanol–water partition coefficient (Wildman–Crippen LogP) is 2.59. The zero-order valence-corrected chi connectivity index (χ0v) is 11.6. The molecule has 5 nitrogen and oxygen atoms in total. The molecule has 0 amide bonds. The number of fused-ring (bicyclic) bond motifs is 4. The van der Waals surface area contributed by atoms with Crippen LogP contribution >= 0.6 is 0 Å². The third-order valence-electron chi connectivity index (χ3n) is 3.64. The summed E-state index contributed by atoms with van der Waals surface area (Å²) in [6, 6.07) is 7.58. The van der Waals surface area contributed by atoms with E-state index in [4.69, 9.17) is 4.55 Å². The summed E-state index contributed by atoms with van der Waals surface area (Å²) in [6.45, 7) is 0. The molecule has 0 fully saturated rings. The van der Waals surface area contributed by atoms with Crippen molar-refractivity contribution < 1.29 is 13.0 Å². The Kier molecular flexibility index (Phi) is 2.42. The van der Waals surface area contributed by atoms with Crippen molar-refractivity contribution in [3.05, 3.63) is 58.3 Å². The average Bonchev–Trinajstić information content (AvgIpc) is 2.80. The van der Waals surface area contributed by atoms with E-state index in [0.29, 0.717) is 0 Å². The third-order valence-corrected chi connectivity index (χ3v) is 4.58. The fourth-order valence-corrected chi connectivity index (χ4v) is 3.22. The van der Waals surface area contributed by atoms with Gasteiger partial charge >= 0.3 is 0 Å². The molecule has 0 spiro atoms. The lowest BCUT2D eigenvalue weighted by atomic mass is 10.0. The predicted molar refractivity (Wildman–Crippen MR) is 79.7 cm³/mol. The number of rotatable bonds is 1. The molecule has 0 saturated carbocycles. The Balaban J connectivity index is 1.90. The van der Waals surface area contributed by atoms with Crippen LogP contribution in [0.5, 0.6) is 0 Å². The molecule has 1 heterocycles. The minimum Gasteiger partial charge on any atom is -0.282 e. The van der Waals surface area contributed by atoms with Crippen LogP contribution in [0, 0.1) is 0 Å². The first-order valence-corrected chi connectivity index (χ1v) is 7.83. The Morgan fingerprint density at radius 2 is 1.76 bits per heavy atom. The highest BCUT2D eigenvalue weighted by atomic mass is 32.2. The largest absolute Gasteiger partial charge is 0.290 e. The molecule has 2 aromatic rings. The van der Waals surface area contributed by atoms with Crippen LogP contribution in [-0.2, 0) is 10.1 Å². The SMILES string of the molecule is O=S(=O)(O)C1=CC=C2C(=Cc3nc4ccccc4nc32)C1. The summed E-state index contributed by atoms with van der Waals surface area (Å²) >= 11 is 0. The maximum absolute atomic E-state index is 11.2. The summed E-state index contributed by atoms with van der Waals surface area (Å²) in [5.74, 6) is 0. The highest BCUT2D eigenvalue weighted by molar-refractivity contribution is 7.89. The molecule has 1 N–H and O–H groups in total. The lowest BCUT2D eigenvalue weighted by molar-refractivity contribution is 0.490. The topological polar surface area (TPSA) is 80.2 Å². The van der Waals surface area contributed by atoms with Gasteiger partial charge in [-0.15, -0.1) is 0 Å². The third kappa shape index (κ3) is 1.91. The molecular weight excluding hydrogens is 288 g/mol. The molecule has 21 heavy (non-hydrogen) atoms. The standard InChI is InChI=1S/C15H10N2O3S/c18-21(19,20)10-5-6-11-9(7-10)8-14-15(11)17-13-4-2-1-3-12(13)16-14/h1-6,8H,7H2,(H,18,19,20). The number of benzene rings is 1. The van der Waals surface area contributed by atoms with Crippen LogP contribution in [-0.4, -0.2) is 22.9 Å². The van der Waals surface area contributed by atoms with Gasteiger partial charge in [0.25, 0.3) is 10.1 Å². The maximum atomic E-state index is 11.2. The second-order valence-electron chi connectivity index (χ2n) is 4.98. The van der Waals surface area contributed by atoms with Gasteiger partial charge in [-0.3, -0.25) is 4.55 Å². The van der Waals surface area contributed by atoms with Gasteiger partial charge in [0.15, 0.2) is 0 Å². The summed E-state index contributed by atoms with van der Waals surface area (Å²) < 4.78 is 31.6. The molecule has 1 aromatic carbocycles. The summed E-state index contributed by atoms with van der Waals surface area (Å²) in [6.07, 6.45) is 5.10. The van der Waals surface area contributed by atoms with Gasteiger partial charge in [0.2, 0.25) is 0 Å². The van der Waals surface area contributed by atoms with E-state index in [0.717, 1.165) is 33.6 Å². The van der Waals surface area contributed by atoms with E-state index in [1.165, 1.54) is 6.08 Å². The number of nitrogens with zero attached hydrogens (tertiary/aromatic N) is 2. The summed E-state index contributed by atoms with van der Waals surface area (Å²) in [5, 5.41) is 0. The quantitative estimate of drug-likeness (QED) is 0.818. The van der Waals surface area contributed by atoms with Gasteiger partial charge in [-0.2, -0.15) is 8.42 Å². The molecule has 0 unspecified atom stereocenters. The average molecular weight is 298 g/mol. The molecule has 0 radical (unpaired) electrons. The first-order valence-electron chi connectivity index (χ1n) is 6.39. The highest BCUT2D eigenvalue weighted by Gasteiger charge is 2.28. The molecule has 0 aliphatic heterocycles. The minimum atomic E-state index is -4.15. The fraction of sp³-hybridized carbons (Fsp3) is 0.0667. The van der Waals surface area contributed by atoms with Crippen molar-refractivity contribution in [2.24, 2.45) is 0 Å². The van der Waals surface area contributed by atoms with Crippen molar-refractivity contribution >= 4 is 32.8 Å². The first-order chi connectivity index (χ1) is 10.0. The van der Waals surface area contributed by atoms with E-state index in [1.54, 1.807) is 6.08 Å². The Morgan fingerprint density at radius 1 is 1.05 bits per heavy atom. The summed E-state index contributed by atoms with van der Waals surface area (Å²) in [4.78, 5) is 9.15. The fourth-order valence-electron chi connectivity index (χ4n) is 2.64. The van der Waals surface area contributed by atoms with Crippen molar-refractivity contribution in [3.63, 3.8) is 0 Å². The molecule has 104 valence electrons. The van der Waals surface area contributed by atoms with Gasteiger partial charge in [0, 0.05) is 12.0 Å². The molecule has 6 heteroatoms. The number of hydrogen-bond acceptors (Lipinski definition) is 4. The van der Waals surface area contributed by atoms with Gasteiger partial charge in [0.05, 0.1) is 27.3 Å². The van der Waals surface area contributed by atoms with E-state index in [2.05, 4.69) is 9.97 Å². The molecule has 2 aliphatic rings. The van der Waals surface area contributed by atoms with Crippen LogP contribution < -0.4 is 0 Å². The van der Waals surface area contributed by atoms with Gasteiger partial charge < -0.3 is 0 Å². The summed E-state index contributed by atoms with van der Waals surface area (Å²) in [5.41, 5.74) is 4.78. The van der Waals surface area contributed by atoms with Gasteiger partial charge in [-0.1, -0.05) is 18.2 Å². The van der Waals surface area contributed by atoms with Crippen LogP contribution in [0.2, 0.25) is 0 Å². The summed E-state index contributed by atoms with van der Waals surface area (Å²) in [7, 11) is -4.15. The second kappa shape index (κ2) is 4.09. The number of allylic oxidation sites excluding steroid dienone is 5. The molecule has 2 aliphatic carbocycles. The molecular formula is C15H10N2O3S. The molecule has 4 rings (SSSR count). The minimum absolute atomic E-state index is 0.00476. The Hall–Kier alpha value is -2.31. The molecule has 1 aromatic heterocycles. The Bertz CT molecular complexity index is 985. The normalized spacial score (nSPS) is 16.9. The van der Waals surface area contributed by atoms with Gasteiger partial charge in [-0.25, -0.2) is 9.97 Å². The number of hydrogen-bond donors (Lipinski definition) is 1. The number of para-hydroxylation sites is 2. The Labute approximate surface area is 121 Å².